The normalized spacial score (nSPS) is 17.4. The molecule has 0 atom stereocenters. The molecule has 438 valence electrons. The van der Waals surface area contributed by atoms with Gasteiger partial charge in [-0.2, -0.15) is 0 Å². The Morgan fingerprint density at radius 2 is 0.718 bits per heavy atom. The molecule has 4 heteroatoms. The zero-order chi connectivity index (χ0) is 61.1. The van der Waals surface area contributed by atoms with E-state index in [1.165, 1.54) is 112 Å². The maximum absolute atomic E-state index is 2.74. The van der Waals surface area contributed by atoms with E-state index in [0.717, 1.165) is 42.7 Å². The summed E-state index contributed by atoms with van der Waals surface area (Å²) in [5, 5.41) is 0. The van der Waals surface area contributed by atoms with Gasteiger partial charge >= 0.3 is 0 Å². The molecule has 2 heterocycles. The van der Waals surface area contributed by atoms with E-state index in [4.69, 9.17) is 0 Å². The molecule has 0 amide bonds. The van der Waals surface area contributed by atoms with E-state index < -0.39 is 0 Å². The minimum absolute atomic E-state index is 0.00167. The topological polar surface area (TPSA) is 9.72 Å². The van der Waals surface area contributed by atoms with Crippen molar-refractivity contribution in [2.75, 3.05) is 14.7 Å². The Hall–Kier alpha value is -6.78. The number of aryl methyl sites for hydroxylation is 1. The Balaban J connectivity index is 1.29. The van der Waals surface area contributed by atoms with Crippen LogP contribution >= 0.6 is 0 Å². The van der Waals surface area contributed by atoms with E-state index in [9.17, 15) is 0 Å². The van der Waals surface area contributed by atoms with Crippen LogP contribution < -0.4 is 31.1 Å². The summed E-state index contributed by atoms with van der Waals surface area (Å²) in [7, 11) is 0. The third-order valence-corrected chi connectivity index (χ3v) is 20.7. The van der Waals surface area contributed by atoms with Crippen LogP contribution in [0.3, 0.4) is 0 Å². The first-order valence-corrected chi connectivity index (χ1v) is 32.0. The summed E-state index contributed by atoms with van der Waals surface area (Å²) >= 11 is 0. The van der Waals surface area contributed by atoms with E-state index in [1.807, 2.05) is 0 Å². The number of fused-ring (bicyclic) bond motifs is 6. The second kappa shape index (κ2) is 19.6. The molecule has 3 nitrogen and oxygen atoms in total. The van der Waals surface area contributed by atoms with Crippen LogP contribution in [0.15, 0.2) is 152 Å². The molecule has 85 heavy (non-hydrogen) atoms. The zero-order valence-electron chi connectivity index (χ0n) is 55.7. The fourth-order valence-electron chi connectivity index (χ4n) is 14.8. The van der Waals surface area contributed by atoms with E-state index >= 15 is 0 Å². The van der Waals surface area contributed by atoms with Crippen LogP contribution in [-0.2, 0) is 43.3 Å². The second-order valence-corrected chi connectivity index (χ2v) is 33.0. The molecule has 0 fully saturated rings. The Labute approximate surface area is 513 Å². The van der Waals surface area contributed by atoms with Crippen molar-refractivity contribution >= 4 is 74.3 Å². The van der Waals surface area contributed by atoms with Gasteiger partial charge < -0.3 is 14.7 Å². The van der Waals surface area contributed by atoms with Crippen LogP contribution in [0, 0.1) is 6.92 Å². The monoisotopic (exact) mass is 1120 g/mol. The molecule has 2 aliphatic heterocycles. The lowest BCUT2D eigenvalue weighted by Gasteiger charge is -2.49. The number of rotatable bonds is 6. The van der Waals surface area contributed by atoms with Gasteiger partial charge in [0.15, 0.2) is 0 Å². The average Bonchev–Trinajstić information content (AvgIpc) is 0.697. The van der Waals surface area contributed by atoms with Gasteiger partial charge in [0.1, 0.15) is 0 Å². The second-order valence-electron chi connectivity index (χ2n) is 33.0. The summed E-state index contributed by atoms with van der Waals surface area (Å²) in [6.45, 7) is 50.4. The first kappa shape index (κ1) is 58.6. The maximum atomic E-state index is 2.74. The molecule has 0 radical (unpaired) electrons. The van der Waals surface area contributed by atoms with Crippen molar-refractivity contribution in [3.63, 3.8) is 0 Å². The predicted molar refractivity (Wildman–Crippen MR) is 371 cm³/mol. The van der Waals surface area contributed by atoms with Crippen LogP contribution in [0.2, 0.25) is 0 Å². The van der Waals surface area contributed by atoms with Crippen molar-refractivity contribution in [3.8, 4) is 11.1 Å². The Kier molecular flexibility index (Phi) is 13.5. The molecule has 0 spiro atoms. The Morgan fingerprint density at radius 3 is 1.12 bits per heavy atom. The number of hydrogen-bond donors (Lipinski definition) is 0. The highest BCUT2D eigenvalue weighted by molar-refractivity contribution is 7.00. The number of nitrogens with zero attached hydrogens (tertiary/aromatic N) is 3. The minimum Gasteiger partial charge on any atom is -0.311 e. The first-order valence-electron chi connectivity index (χ1n) is 32.0. The molecular weight excluding hydrogens is 1030 g/mol. The third kappa shape index (κ3) is 9.98. The summed E-state index contributed by atoms with van der Waals surface area (Å²) in [6.07, 6.45) is 4.57. The lowest BCUT2D eigenvalue weighted by Crippen LogP contribution is -2.62. The number of hydrogen-bond acceptors (Lipinski definition) is 3. The van der Waals surface area contributed by atoms with Crippen LogP contribution in [0.25, 0.3) is 11.1 Å². The number of benzene rings is 8. The summed E-state index contributed by atoms with van der Waals surface area (Å²) in [6, 6.07) is 60.9. The SMILES string of the molecule is Cc1cc(C(C)(C)C)ccc1N1c2cc3c(cc2B2c4cc5c(cc4N(c4ccc(C(C)(C)C)cc4-c4ccccc4)c4cc(N(c6ccc(C(C)(C)C)cc6)c6ccc(C(C)(C)C)cc6)cc1c42)C(C)(C)CCC5(C)C)C(C)(C)CCC3(C)C. The van der Waals surface area contributed by atoms with Gasteiger partial charge in [0.05, 0.1) is 11.4 Å². The van der Waals surface area contributed by atoms with Gasteiger partial charge in [-0.25, -0.2) is 0 Å². The van der Waals surface area contributed by atoms with Crippen molar-refractivity contribution in [2.24, 2.45) is 0 Å². The van der Waals surface area contributed by atoms with Gasteiger partial charge in [0.2, 0.25) is 0 Å². The quantitative estimate of drug-likeness (QED) is 0.154. The molecule has 4 aliphatic rings. The van der Waals surface area contributed by atoms with Gasteiger partial charge in [-0.15, -0.1) is 0 Å². The van der Waals surface area contributed by atoms with Gasteiger partial charge in [-0.05, 0) is 215 Å². The summed E-state index contributed by atoms with van der Waals surface area (Å²) in [5.41, 5.74) is 29.8. The molecule has 0 N–H and O–H groups in total. The molecule has 12 rings (SSSR count). The smallest absolute Gasteiger partial charge is 0.252 e. The largest absolute Gasteiger partial charge is 0.311 e. The van der Waals surface area contributed by atoms with Crippen molar-refractivity contribution in [3.05, 3.63) is 202 Å². The molecule has 8 aromatic carbocycles. The highest BCUT2D eigenvalue weighted by atomic mass is 15.2. The first-order chi connectivity index (χ1) is 39.5. The zero-order valence-corrected chi connectivity index (χ0v) is 55.7. The molecule has 0 bridgehead atoms. The third-order valence-electron chi connectivity index (χ3n) is 20.7. The number of anilines is 9. The van der Waals surface area contributed by atoms with Crippen molar-refractivity contribution in [2.45, 2.75) is 214 Å². The molecule has 0 saturated heterocycles. The van der Waals surface area contributed by atoms with Crippen molar-refractivity contribution in [1.82, 2.24) is 0 Å². The molecule has 2 aliphatic carbocycles. The molecular formula is C81H96BN3. The van der Waals surface area contributed by atoms with Crippen LogP contribution in [0.4, 0.5) is 51.2 Å². The van der Waals surface area contributed by atoms with Crippen LogP contribution in [0.1, 0.15) is 214 Å². The van der Waals surface area contributed by atoms with Crippen LogP contribution in [0.5, 0.6) is 0 Å². The molecule has 0 saturated carbocycles. The highest BCUT2D eigenvalue weighted by Crippen LogP contribution is 2.56. The van der Waals surface area contributed by atoms with E-state index in [-0.39, 0.29) is 50.0 Å². The Morgan fingerprint density at radius 1 is 0.353 bits per heavy atom. The predicted octanol–water partition coefficient (Wildman–Crippen LogP) is 21.1. The summed E-state index contributed by atoms with van der Waals surface area (Å²) in [4.78, 5) is 8.03. The molecule has 0 aromatic heterocycles. The van der Waals surface area contributed by atoms with E-state index in [2.05, 4.69) is 312 Å². The van der Waals surface area contributed by atoms with Gasteiger partial charge in [0, 0.05) is 45.4 Å². The molecule has 8 aromatic rings. The highest BCUT2D eigenvalue weighted by Gasteiger charge is 2.49. The average molecular weight is 1120 g/mol. The maximum Gasteiger partial charge on any atom is 0.252 e. The standard InChI is InChI=1S/C81H96BN3/c1-51-43-55(76(8,9)10)31-37-67(51)84-69-49-63-61(78(14,15)39-41-80(63,18)19)47-65(69)82-66-48-62-64(81(20,21)42-40-79(62,16)17)50-70(66)85(68-38-32-56(77(11,12)13)44-60(68)52-25-23-22-24-26-52)72-46-59(45-71(84)73(72)82)83(57-33-27-53(28-34-57)74(2,3)4)58-35-29-54(30-36-58)75(5,6)7/h22-38,43-50H,39-42H2,1-21H3. The van der Waals surface area contributed by atoms with E-state index in [1.54, 1.807) is 0 Å². The van der Waals surface area contributed by atoms with Gasteiger partial charge in [-0.1, -0.05) is 223 Å². The fraction of sp³-hybridized carbons (Fsp3) is 0.407. The van der Waals surface area contributed by atoms with Crippen molar-refractivity contribution in [1.29, 1.82) is 0 Å². The fourth-order valence-corrected chi connectivity index (χ4v) is 14.8. The lowest BCUT2D eigenvalue weighted by atomic mass is 9.32. The van der Waals surface area contributed by atoms with Crippen molar-refractivity contribution < 1.29 is 0 Å². The minimum atomic E-state index is -0.0710. The van der Waals surface area contributed by atoms with E-state index in [0.29, 0.717) is 0 Å². The van der Waals surface area contributed by atoms with Gasteiger partial charge in [-0.3, -0.25) is 0 Å². The van der Waals surface area contributed by atoms with Crippen LogP contribution in [-0.4, -0.2) is 6.71 Å². The Bertz CT molecular complexity index is 3880. The summed E-state index contributed by atoms with van der Waals surface area (Å²) in [5.74, 6) is 0. The summed E-state index contributed by atoms with van der Waals surface area (Å²) < 4.78 is 0. The molecule has 0 unspecified atom stereocenters. The lowest BCUT2D eigenvalue weighted by molar-refractivity contribution is 0.332. The van der Waals surface area contributed by atoms with Gasteiger partial charge in [0.25, 0.3) is 6.71 Å².